The van der Waals surface area contributed by atoms with Crippen molar-refractivity contribution in [3.63, 3.8) is 0 Å². The zero-order valence-electron chi connectivity index (χ0n) is 18.5. The third kappa shape index (κ3) is 4.17. The summed E-state index contributed by atoms with van der Waals surface area (Å²) < 4.78 is 5.85. The van der Waals surface area contributed by atoms with Gasteiger partial charge in [0.15, 0.2) is 11.6 Å². The maximum absolute atomic E-state index is 12.7. The summed E-state index contributed by atoms with van der Waals surface area (Å²) in [6.07, 6.45) is 10.1. The number of allylic oxidation sites excluding steroid dienone is 1. The number of nitrogens with one attached hydrogen (secondary N) is 1. The highest BCUT2D eigenvalue weighted by molar-refractivity contribution is 5.95. The maximum atomic E-state index is 12.7. The lowest BCUT2D eigenvalue weighted by atomic mass is 10.1. The first kappa shape index (κ1) is 21.4. The molecule has 4 heterocycles. The molecule has 166 valence electrons. The molecule has 0 aromatic carbocycles. The SMILES string of the molecule is CCC(C)C(=O)N1C=CC(N2CCOc3cc(C(=O)N4CCCC4)cnc32)=CC1NC. The standard InChI is InChI=1S/C23H31N5O3/c1-4-16(2)22(29)28-10-7-18(14-20(28)24-3)27-11-12-31-19-13-17(15-25-21(19)27)23(30)26-8-5-6-9-26/h7,10,13-16,20,24H,4-6,8-9,11-12H2,1-3H3. The first-order chi connectivity index (χ1) is 15.0. The predicted octanol–water partition coefficient (Wildman–Crippen LogP) is 2.35. The van der Waals surface area contributed by atoms with Crippen molar-refractivity contribution in [1.82, 2.24) is 20.1 Å². The summed E-state index contributed by atoms with van der Waals surface area (Å²) in [5.74, 6) is 1.38. The molecule has 0 saturated carbocycles. The van der Waals surface area contributed by atoms with Crippen LogP contribution in [0.2, 0.25) is 0 Å². The summed E-state index contributed by atoms with van der Waals surface area (Å²) in [5.41, 5.74) is 1.51. The minimum atomic E-state index is -0.233. The van der Waals surface area contributed by atoms with Crippen LogP contribution in [0.4, 0.5) is 5.82 Å². The van der Waals surface area contributed by atoms with Crippen LogP contribution in [-0.4, -0.2) is 66.1 Å². The van der Waals surface area contributed by atoms with E-state index in [-0.39, 0.29) is 23.9 Å². The number of likely N-dealkylation sites (N-methyl/N-ethyl adjacent to an activating group) is 1. The van der Waals surface area contributed by atoms with Crippen LogP contribution in [0.25, 0.3) is 0 Å². The topological polar surface area (TPSA) is 78.0 Å². The number of aromatic nitrogens is 1. The van der Waals surface area contributed by atoms with E-state index in [1.165, 1.54) is 0 Å². The van der Waals surface area contributed by atoms with Gasteiger partial charge >= 0.3 is 0 Å². The molecule has 3 aliphatic heterocycles. The van der Waals surface area contributed by atoms with Crippen LogP contribution in [0.1, 0.15) is 43.5 Å². The van der Waals surface area contributed by atoms with Crippen LogP contribution in [0.15, 0.2) is 36.3 Å². The highest BCUT2D eigenvalue weighted by atomic mass is 16.5. The highest BCUT2D eigenvalue weighted by Crippen LogP contribution is 2.34. The molecule has 1 aromatic heterocycles. The molecule has 8 nitrogen and oxygen atoms in total. The summed E-state index contributed by atoms with van der Waals surface area (Å²) in [6.45, 7) is 6.72. The number of likely N-dealkylation sites (tertiary alicyclic amines) is 1. The number of ether oxygens (including phenoxy) is 1. The molecule has 1 fully saturated rings. The minimum Gasteiger partial charge on any atom is -0.488 e. The van der Waals surface area contributed by atoms with Gasteiger partial charge in [-0.25, -0.2) is 4.98 Å². The van der Waals surface area contributed by atoms with E-state index in [1.54, 1.807) is 17.2 Å². The average Bonchev–Trinajstić information content (AvgIpc) is 3.36. The Labute approximate surface area is 183 Å². The largest absolute Gasteiger partial charge is 0.488 e. The van der Waals surface area contributed by atoms with Crippen LogP contribution in [0.5, 0.6) is 5.75 Å². The zero-order chi connectivity index (χ0) is 22.0. The molecule has 0 bridgehead atoms. The Morgan fingerprint density at radius 1 is 1.29 bits per heavy atom. The van der Waals surface area contributed by atoms with E-state index in [0.717, 1.165) is 38.0 Å². The molecule has 1 aromatic rings. The Kier molecular flexibility index (Phi) is 6.27. The molecule has 1 N–H and O–H groups in total. The fraction of sp³-hybridized carbons (Fsp3) is 0.522. The molecule has 2 amide bonds. The molecule has 1 saturated heterocycles. The van der Waals surface area contributed by atoms with E-state index < -0.39 is 0 Å². The van der Waals surface area contributed by atoms with Gasteiger partial charge < -0.3 is 14.5 Å². The number of anilines is 1. The van der Waals surface area contributed by atoms with Gasteiger partial charge in [-0.15, -0.1) is 0 Å². The van der Waals surface area contributed by atoms with Crippen molar-refractivity contribution < 1.29 is 14.3 Å². The zero-order valence-corrected chi connectivity index (χ0v) is 18.5. The van der Waals surface area contributed by atoms with Crippen molar-refractivity contribution in [1.29, 1.82) is 0 Å². The molecule has 2 unspecified atom stereocenters. The third-order valence-electron chi connectivity index (χ3n) is 6.23. The third-order valence-corrected chi connectivity index (χ3v) is 6.23. The Bertz CT molecular complexity index is 906. The van der Waals surface area contributed by atoms with E-state index in [4.69, 9.17) is 4.74 Å². The summed E-state index contributed by atoms with van der Waals surface area (Å²) in [5, 5.41) is 3.21. The lowest BCUT2D eigenvalue weighted by Crippen LogP contribution is -2.47. The number of pyridine rings is 1. The Morgan fingerprint density at radius 2 is 2.06 bits per heavy atom. The van der Waals surface area contributed by atoms with E-state index >= 15 is 0 Å². The Hall–Kier alpha value is -2.87. The second-order valence-corrected chi connectivity index (χ2v) is 8.24. The van der Waals surface area contributed by atoms with Crippen molar-refractivity contribution in [2.45, 2.75) is 39.3 Å². The van der Waals surface area contributed by atoms with Crippen molar-refractivity contribution in [2.75, 3.05) is 38.2 Å². The van der Waals surface area contributed by atoms with E-state index in [1.807, 2.05) is 44.1 Å². The van der Waals surface area contributed by atoms with Gasteiger partial charge in [-0.05, 0) is 44.5 Å². The molecular formula is C23H31N5O3. The van der Waals surface area contributed by atoms with E-state index in [2.05, 4.69) is 15.2 Å². The molecule has 0 aliphatic carbocycles. The molecule has 31 heavy (non-hydrogen) atoms. The first-order valence-electron chi connectivity index (χ1n) is 11.1. The number of carbonyl (C=O) groups excluding carboxylic acids is 2. The number of hydrogen-bond acceptors (Lipinski definition) is 6. The van der Waals surface area contributed by atoms with Crippen molar-refractivity contribution in [2.24, 2.45) is 5.92 Å². The number of nitrogens with zero attached hydrogens (tertiary/aromatic N) is 4. The summed E-state index contributed by atoms with van der Waals surface area (Å²) in [6, 6.07) is 1.80. The molecule has 8 heteroatoms. The maximum Gasteiger partial charge on any atom is 0.255 e. The van der Waals surface area contributed by atoms with Gasteiger partial charge in [-0.2, -0.15) is 0 Å². The van der Waals surface area contributed by atoms with Crippen molar-refractivity contribution in [3.05, 3.63) is 41.9 Å². The summed E-state index contributed by atoms with van der Waals surface area (Å²) in [7, 11) is 1.84. The second-order valence-electron chi connectivity index (χ2n) is 8.24. The molecule has 4 rings (SSSR count). The number of rotatable bonds is 5. The minimum absolute atomic E-state index is 0.0137. The van der Waals surface area contributed by atoms with Gasteiger partial charge in [-0.1, -0.05) is 13.8 Å². The van der Waals surface area contributed by atoms with Gasteiger partial charge in [0.05, 0.1) is 12.1 Å². The summed E-state index contributed by atoms with van der Waals surface area (Å²) >= 11 is 0. The number of carbonyl (C=O) groups is 2. The van der Waals surface area contributed by atoms with E-state index in [0.29, 0.717) is 30.3 Å². The van der Waals surface area contributed by atoms with Crippen molar-refractivity contribution in [3.8, 4) is 5.75 Å². The molecule has 3 aliphatic rings. The lowest BCUT2D eigenvalue weighted by Gasteiger charge is -2.36. The molecule has 2 atom stereocenters. The normalized spacial score (nSPS) is 21.5. The lowest BCUT2D eigenvalue weighted by molar-refractivity contribution is -0.134. The Morgan fingerprint density at radius 3 is 2.77 bits per heavy atom. The number of hydrogen-bond donors (Lipinski definition) is 1. The first-order valence-corrected chi connectivity index (χ1v) is 11.1. The second kappa shape index (κ2) is 9.09. The van der Waals surface area contributed by atoms with Gasteiger partial charge in [-0.3, -0.25) is 19.8 Å². The smallest absolute Gasteiger partial charge is 0.255 e. The highest BCUT2D eigenvalue weighted by Gasteiger charge is 2.30. The average molecular weight is 426 g/mol. The van der Waals surface area contributed by atoms with Gasteiger partial charge in [0.25, 0.3) is 5.91 Å². The Balaban J connectivity index is 1.56. The molecular weight excluding hydrogens is 394 g/mol. The van der Waals surface area contributed by atoms with Crippen LogP contribution in [-0.2, 0) is 4.79 Å². The quantitative estimate of drug-likeness (QED) is 0.780. The van der Waals surface area contributed by atoms with Crippen LogP contribution in [0.3, 0.4) is 0 Å². The fourth-order valence-electron chi connectivity index (χ4n) is 4.16. The number of amides is 2. The number of fused-ring (bicyclic) bond motifs is 1. The molecule has 0 radical (unpaired) electrons. The molecule has 0 spiro atoms. The van der Waals surface area contributed by atoms with Crippen molar-refractivity contribution >= 4 is 17.6 Å². The van der Waals surface area contributed by atoms with Crippen LogP contribution < -0.4 is 15.0 Å². The van der Waals surface area contributed by atoms with Gasteiger partial charge in [0, 0.05) is 37.1 Å². The fourth-order valence-corrected chi connectivity index (χ4v) is 4.16. The van der Waals surface area contributed by atoms with Crippen LogP contribution >= 0.6 is 0 Å². The predicted molar refractivity (Wildman–Crippen MR) is 119 cm³/mol. The van der Waals surface area contributed by atoms with Gasteiger partial charge in [0.2, 0.25) is 5.91 Å². The van der Waals surface area contributed by atoms with Gasteiger partial charge in [0.1, 0.15) is 12.8 Å². The summed E-state index contributed by atoms with van der Waals surface area (Å²) in [4.78, 5) is 35.7. The van der Waals surface area contributed by atoms with Crippen LogP contribution in [0, 0.1) is 5.92 Å². The monoisotopic (exact) mass is 425 g/mol. The van der Waals surface area contributed by atoms with E-state index in [9.17, 15) is 9.59 Å².